The molecule has 0 fully saturated rings. The third-order valence-corrected chi connectivity index (χ3v) is 5.96. The first-order chi connectivity index (χ1) is 16.4. The van der Waals surface area contributed by atoms with Crippen molar-refractivity contribution >= 4 is 27.8 Å². The Kier molecular flexibility index (Phi) is 6.00. The fourth-order valence-electron chi connectivity index (χ4n) is 4.54. The number of benzene rings is 2. The van der Waals surface area contributed by atoms with Gasteiger partial charge in [-0.05, 0) is 23.8 Å². The van der Waals surface area contributed by atoms with Gasteiger partial charge in [-0.15, -0.1) is 0 Å². The summed E-state index contributed by atoms with van der Waals surface area (Å²) in [6, 6.07) is 5.46. The van der Waals surface area contributed by atoms with E-state index in [4.69, 9.17) is 14.6 Å². The second-order valence-corrected chi connectivity index (χ2v) is 8.90. The number of H-pyrrole nitrogens is 1. The molecule has 0 amide bonds. The number of carboxylic acid groups (broad SMARTS) is 1. The second-order valence-electron chi connectivity index (χ2n) is 8.90. The zero-order valence-corrected chi connectivity index (χ0v) is 19.4. The summed E-state index contributed by atoms with van der Waals surface area (Å²) in [5, 5.41) is 15.7. The first-order valence-electron chi connectivity index (χ1n) is 10.6. The molecule has 0 spiro atoms. The van der Waals surface area contributed by atoms with Crippen LogP contribution in [0.25, 0.3) is 27.5 Å². The van der Waals surface area contributed by atoms with Crippen LogP contribution < -0.4 is 4.74 Å². The maximum absolute atomic E-state index is 15.8. The number of hydrogen-bond acceptors (Lipinski definition) is 4. The molecule has 0 radical (unpaired) electrons. The number of methoxy groups -OCH3 is 2. The molecule has 35 heavy (non-hydrogen) atoms. The van der Waals surface area contributed by atoms with Gasteiger partial charge in [-0.2, -0.15) is 13.9 Å². The van der Waals surface area contributed by atoms with Gasteiger partial charge in [0.25, 0.3) is 0 Å². The molecule has 0 saturated carbocycles. The van der Waals surface area contributed by atoms with E-state index < -0.39 is 35.4 Å². The number of halogens is 4. The molecule has 186 valence electrons. The van der Waals surface area contributed by atoms with E-state index in [0.29, 0.717) is 11.1 Å². The molecule has 2 aromatic carbocycles. The quantitative estimate of drug-likeness (QED) is 0.338. The second kappa shape index (κ2) is 8.56. The molecule has 4 rings (SSSR count). The lowest BCUT2D eigenvalue weighted by Crippen LogP contribution is -2.34. The Bertz CT molecular complexity index is 1440. The summed E-state index contributed by atoms with van der Waals surface area (Å²) in [5.41, 5.74) is -0.532. The predicted molar refractivity (Wildman–Crippen MR) is 121 cm³/mol. The summed E-state index contributed by atoms with van der Waals surface area (Å²) in [7, 11) is 2.70. The normalized spacial score (nSPS) is 12.6. The van der Waals surface area contributed by atoms with Gasteiger partial charge in [0.15, 0.2) is 17.4 Å². The number of aromatic nitrogens is 3. The molecule has 0 atom stereocenters. The summed E-state index contributed by atoms with van der Waals surface area (Å²) in [5.74, 6) is -8.13. The molecule has 0 unspecified atom stereocenters. The number of alkyl halides is 2. The first kappa shape index (κ1) is 24.5. The van der Waals surface area contributed by atoms with E-state index in [-0.39, 0.29) is 40.0 Å². The lowest BCUT2D eigenvalue weighted by Gasteiger charge is -2.28. The van der Waals surface area contributed by atoms with Crippen molar-refractivity contribution in [2.45, 2.75) is 31.6 Å². The highest BCUT2D eigenvalue weighted by molar-refractivity contribution is 6.00. The van der Waals surface area contributed by atoms with Gasteiger partial charge in [-0.1, -0.05) is 13.8 Å². The molecule has 0 aliphatic carbocycles. The van der Waals surface area contributed by atoms with Gasteiger partial charge in [0.1, 0.15) is 5.52 Å². The Morgan fingerprint density at radius 1 is 1.20 bits per heavy atom. The highest BCUT2D eigenvalue weighted by Gasteiger charge is 2.43. The third kappa shape index (κ3) is 3.99. The zero-order valence-electron chi connectivity index (χ0n) is 19.4. The Morgan fingerprint density at radius 2 is 1.91 bits per heavy atom. The Labute approximate surface area is 197 Å². The molecule has 4 aromatic rings. The standard InChI is InChI=1S/C24H23F4N3O4/c1-23(2,11-34-3)21-14(9-24(27,28)22(32)33)18-16(7-12-10-29-30-20(12)19(18)26)31(21)13-5-6-15(25)17(8-13)35-4/h5-8,10H,9,11H2,1-4H3,(H,29,30)(H,32,33). The van der Waals surface area contributed by atoms with E-state index in [1.165, 1.54) is 37.1 Å². The van der Waals surface area contributed by atoms with Gasteiger partial charge in [0.05, 0.1) is 31.9 Å². The van der Waals surface area contributed by atoms with E-state index >= 15 is 4.39 Å². The molecule has 2 aromatic heterocycles. The van der Waals surface area contributed by atoms with Crippen LogP contribution in [0.15, 0.2) is 30.5 Å². The van der Waals surface area contributed by atoms with Crippen molar-refractivity contribution in [2.75, 3.05) is 20.8 Å². The van der Waals surface area contributed by atoms with Crippen molar-refractivity contribution in [3.63, 3.8) is 0 Å². The summed E-state index contributed by atoms with van der Waals surface area (Å²) >= 11 is 0. The molecule has 0 saturated heterocycles. The van der Waals surface area contributed by atoms with Crippen molar-refractivity contribution in [1.29, 1.82) is 0 Å². The van der Waals surface area contributed by atoms with Gasteiger partial charge in [-0.3, -0.25) is 5.10 Å². The SMILES string of the molecule is COCC(C)(C)c1c(CC(F)(F)C(=O)O)c2c(F)c3[nH]ncc3cc2n1-c1ccc(F)c(OC)c1. The Balaban J connectivity index is 2.22. The molecular weight excluding hydrogens is 470 g/mol. The molecule has 0 bridgehead atoms. The van der Waals surface area contributed by atoms with Crippen LogP contribution in [-0.4, -0.2) is 52.6 Å². The van der Waals surface area contributed by atoms with Gasteiger partial charge in [0, 0.05) is 40.7 Å². The van der Waals surface area contributed by atoms with Crippen molar-refractivity contribution in [3.8, 4) is 11.4 Å². The maximum atomic E-state index is 15.8. The third-order valence-electron chi connectivity index (χ3n) is 5.96. The zero-order chi connectivity index (χ0) is 25.7. The Hall–Kier alpha value is -3.60. The lowest BCUT2D eigenvalue weighted by atomic mass is 9.85. The predicted octanol–water partition coefficient (Wildman–Crippen LogP) is 4.98. The van der Waals surface area contributed by atoms with Crippen molar-refractivity contribution in [2.24, 2.45) is 0 Å². The van der Waals surface area contributed by atoms with Gasteiger partial charge >= 0.3 is 11.9 Å². The average molecular weight is 493 g/mol. The van der Waals surface area contributed by atoms with Crippen molar-refractivity contribution < 1.29 is 36.9 Å². The van der Waals surface area contributed by atoms with E-state index in [9.17, 15) is 18.0 Å². The van der Waals surface area contributed by atoms with Crippen LogP contribution in [0.1, 0.15) is 25.1 Å². The molecule has 2 heterocycles. The topological polar surface area (TPSA) is 89.4 Å². The van der Waals surface area contributed by atoms with E-state index in [1.54, 1.807) is 19.9 Å². The Morgan fingerprint density at radius 3 is 2.54 bits per heavy atom. The van der Waals surface area contributed by atoms with Crippen LogP contribution in [0.2, 0.25) is 0 Å². The van der Waals surface area contributed by atoms with E-state index in [1.807, 2.05) is 0 Å². The van der Waals surface area contributed by atoms with Crippen LogP contribution in [0.3, 0.4) is 0 Å². The van der Waals surface area contributed by atoms with Gasteiger partial charge in [0.2, 0.25) is 0 Å². The van der Waals surface area contributed by atoms with Crippen molar-refractivity contribution in [1.82, 2.24) is 14.8 Å². The number of carbonyl (C=O) groups is 1. The summed E-state index contributed by atoms with van der Waals surface area (Å²) in [6.07, 6.45) is 0.106. The summed E-state index contributed by atoms with van der Waals surface area (Å²) in [4.78, 5) is 11.4. The van der Waals surface area contributed by atoms with Crippen LogP contribution in [0, 0.1) is 11.6 Å². The highest BCUT2D eigenvalue weighted by Crippen LogP contribution is 2.43. The first-order valence-corrected chi connectivity index (χ1v) is 10.6. The fraction of sp³-hybridized carbons (Fsp3) is 0.333. The minimum Gasteiger partial charge on any atom is -0.494 e. The largest absolute Gasteiger partial charge is 0.494 e. The summed E-state index contributed by atoms with van der Waals surface area (Å²) < 4.78 is 71.2. The van der Waals surface area contributed by atoms with Crippen LogP contribution in [0.4, 0.5) is 17.6 Å². The summed E-state index contributed by atoms with van der Waals surface area (Å²) in [6.45, 7) is 3.44. The van der Waals surface area contributed by atoms with E-state index in [0.717, 1.165) is 6.07 Å². The number of hydrogen-bond donors (Lipinski definition) is 2. The maximum Gasteiger partial charge on any atom is 0.374 e. The number of ether oxygens (including phenoxy) is 2. The van der Waals surface area contributed by atoms with Crippen LogP contribution in [-0.2, 0) is 21.4 Å². The fourth-order valence-corrected chi connectivity index (χ4v) is 4.54. The smallest absolute Gasteiger partial charge is 0.374 e. The minimum absolute atomic E-state index is 0.0117. The number of carboxylic acids is 1. The molecule has 7 nitrogen and oxygen atoms in total. The molecule has 11 heteroatoms. The highest BCUT2D eigenvalue weighted by atomic mass is 19.3. The average Bonchev–Trinajstić information content (AvgIpc) is 3.37. The van der Waals surface area contributed by atoms with Crippen molar-refractivity contribution in [3.05, 3.63) is 53.4 Å². The monoisotopic (exact) mass is 493 g/mol. The number of nitrogens with one attached hydrogen (secondary N) is 1. The minimum atomic E-state index is -4.19. The van der Waals surface area contributed by atoms with Gasteiger partial charge < -0.3 is 19.1 Å². The molecule has 2 N–H and O–H groups in total. The van der Waals surface area contributed by atoms with E-state index in [2.05, 4.69) is 10.2 Å². The van der Waals surface area contributed by atoms with Crippen LogP contribution in [0.5, 0.6) is 5.75 Å². The lowest BCUT2D eigenvalue weighted by molar-refractivity contribution is -0.164. The van der Waals surface area contributed by atoms with Gasteiger partial charge in [-0.25, -0.2) is 13.6 Å². The van der Waals surface area contributed by atoms with Crippen LogP contribution >= 0.6 is 0 Å². The number of aliphatic carboxylic acids is 1. The number of nitrogens with zero attached hydrogens (tertiary/aromatic N) is 2. The number of fused-ring (bicyclic) bond motifs is 2. The number of rotatable bonds is 8. The molecular formula is C24H23F4N3O4. The molecule has 0 aliphatic rings. The molecule has 0 aliphatic heterocycles. The number of aromatic amines is 1.